The Morgan fingerprint density at radius 2 is 2.42 bits per heavy atom. The summed E-state index contributed by atoms with van der Waals surface area (Å²) in [5.41, 5.74) is 4.77. The van der Waals surface area contributed by atoms with Gasteiger partial charge in [0.15, 0.2) is 0 Å². The summed E-state index contributed by atoms with van der Waals surface area (Å²) in [4.78, 5) is 10.2. The smallest absolute Gasteiger partial charge is 0.404 e. The third-order valence-corrected chi connectivity index (χ3v) is 1.76. The highest BCUT2D eigenvalue weighted by Crippen LogP contribution is 2.13. The highest BCUT2D eigenvalue weighted by molar-refractivity contribution is 5.64. The Bertz CT molecular complexity index is 153. The number of aliphatic hydroxyl groups excluding tert-OH is 1. The van der Waals surface area contributed by atoms with Crippen LogP contribution in [0.4, 0.5) is 4.79 Å². The van der Waals surface area contributed by atoms with E-state index in [0.717, 1.165) is 0 Å². The van der Waals surface area contributed by atoms with E-state index in [9.17, 15) is 4.79 Å². The normalized spacial score (nSPS) is 29.8. The van der Waals surface area contributed by atoms with Crippen LogP contribution in [0.25, 0.3) is 0 Å². The molecule has 0 saturated carbocycles. The summed E-state index contributed by atoms with van der Waals surface area (Å²) >= 11 is 0. The number of ether oxygens (including phenoxy) is 2. The van der Waals surface area contributed by atoms with Gasteiger partial charge in [0.05, 0.1) is 18.8 Å². The van der Waals surface area contributed by atoms with E-state index in [-0.39, 0.29) is 18.8 Å². The van der Waals surface area contributed by atoms with E-state index in [1.807, 2.05) is 0 Å². The average Bonchev–Trinajstić information content (AvgIpc) is 2.03. The van der Waals surface area contributed by atoms with Gasteiger partial charge >= 0.3 is 6.09 Å². The second-order valence-corrected chi connectivity index (χ2v) is 2.82. The van der Waals surface area contributed by atoms with Gasteiger partial charge in [-0.25, -0.2) is 4.79 Å². The van der Waals surface area contributed by atoms with E-state index in [4.69, 9.17) is 15.6 Å². The molecule has 0 bridgehead atoms. The fourth-order valence-corrected chi connectivity index (χ4v) is 1.10. The van der Waals surface area contributed by atoms with Crippen molar-refractivity contribution in [2.45, 2.75) is 25.0 Å². The molecule has 12 heavy (non-hydrogen) atoms. The van der Waals surface area contributed by atoms with Crippen LogP contribution in [0.1, 0.15) is 12.8 Å². The molecule has 1 aliphatic rings. The number of primary amides is 1. The van der Waals surface area contributed by atoms with E-state index >= 15 is 0 Å². The number of amides is 1. The van der Waals surface area contributed by atoms with Gasteiger partial charge in [-0.1, -0.05) is 0 Å². The van der Waals surface area contributed by atoms with Crippen molar-refractivity contribution < 1.29 is 19.4 Å². The molecule has 2 unspecified atom stereocenters. The average molecular weight is 175 g/mol. The zero-order chi connectivity index (χ0) is 8.97. The van der Waals surface area contributed by atoms with E-state index in [1.165, 1.54) is 0 Å². The number of nitrogens with two attached hydrogens (primary N) is 1. The van der Waals surface area contributed by atoms with Crippen molar-refractivity contribution in [3.8, 4) is 0 Å². The Morgan fingerprint density at radius 1 is 1.67 bits per heavy atom. The van der Waals surface area contributed by atoms with Crippen LogP contribution >= 0.6 is 0 Å². The molecule has 0 aromatic rings. The fourth-order valence-electron chi connectivity index (χ4n) is 1.10. The molecule has 1 saturated heterocycles. The largest absolute Gasteiger partial charge is 0.447 e. The molecular weight excluding hydrogens is 162 g/mol. The summed E-state index contributed by atoms with van der Waals surface area (Å²) in [7, 11) is 0. The van der Waals surface area contributed by atoms with Gasteiger partial charge in [0.25, 0.3) is 0 Å². The standard InChI is InChI=1S/C7H13NO4/c8-7(10)12-4-6-2-1-5(9)3-11-6/h5-6,9H,1-4H2,(H2,8,10). The van der Waals surface area contributed by atoms with Gasteiger partial charge in [0, 0.05) is 0 Å². The van der Waals surface area contributed by atoms with Crippen molar-refractivity contribution in [3.05, 3.63) is 0 Å². The highest BCUT2D eigenvalue weighted by atomic mass is 16.6. The first-order valence-corrected chi connectivity index (χ1v) is 3.90. The van der Waals surface area contributed by atoms with Crippen LogP contribution in [0, 0.1) is 0 Å². The van der Waals surface area contributed by atoms with Gasteiger partial charge in [-0.05, 0) is 12.8 Å². The fraction of sp³-hybridized carbons (Fsp3) is 0.857. The second-order valence-electron chi connectivity index (χ2n) is 2.82. The Labute approximate surface area is 70.4 Å². The van der Waals surface area contributed by atoms with E-state index in [1.54, 1.807) is 0 Å². The van der Waals surface area contributed by atoms with E-state index < -0.39 is 6.09 Å². The Kier molecular flexibility index (Phi) is 3.31. The van der Waals surface area contributed by atoms with Gasteiger partial charge in [-0.2, -0.15) is 0 Å². The lowest BCUT2D eigenvalue weighted by Crippen LogP contribution is -2.33. The lowest BCUT2D eigenvalue weighted by atomic mass is 10.1. The monoisotopic (exact) mass is 175 g/mol. The first-order valence-electron chi connectivity index (χ1n) is 3.90. The molecule has 2 atom stereocenters. The highest BCUT2D eigenvalue weighted by Gasteiger charge is 2.20. The topological polar surface area (TPSA) is 81.8 Å². The van der Waals surface area contributed by atoms with Crippen LogP contribution in [0.5, 0.6) is 0 Å². The lowest BCUT2D eigenvalue weighted by Gasteiger charge is -2.25. The minimum atomic E-state index is -0.787. The molecule has 0 radical (unpaired) electrons. The van der Waals surface area contributed by atoms with Crippen molar-refractivity contribution in [1.82, 2.24) is 0 Å². The maximum atomic E-state index is 10.2. The minimum Gasteiger partial charge on any atom is -0.447 e. The molecule has 70 valence electrons. The summed E-state index contributed by atoms with van der Waals surface area (Å²) in [6.45, 7) is 0.495. The molecule has 1 amide bonds. The van der Waals surface area contributed by atoms with Gasteiger partial charge in [0.2, 0.25) is 0 Å². The molecule has 0 aromatic carbocycles. The maximum absolute atomic E-state index is 10.2. The molecule has 0 aliphatic carbocycles. The Hall–Kier alpha value is -0.810. The summed E-state index contributed by atoms with van der Waals surface area (Å²) < 4.78 is 9.71. The number of hydrogen-bond donors (Lipinski definition) is 2. The molecule has 3 N–H and O–H groups in total. The first kappa shape index (κ1) is 9.28. The van der Waals surface area contributed by atoms with Crippen LogP contribution in [0.3, 0.4) is 0 Å². The van der Waals surface area contributed by atoms with Crippen LogP contribution < -0.4 is 5.73 Å². The number of carbonyl (C=O) groups excluding carboxylic acids is 1. The molecule has 0 spiro atoms. The summed E-state index contributed by atoms with van der Waals surface area (Å²) in [6.07, 6.45) is 0.113. The molecule has 5 heteroatoms. The van der Waals surface area contributed by atoms with Crippen LogP contribution in [0.2, 0.25) is 0 Å². The Morgan fingerprint density at radius 3 is 2.92 bits per heavy atom. The van der Waals surface area contributed by atoms with Crippen molar-refractivity contribution >= 4 is 6.09 Å². The van der Waals surface area contributed by atoms with Crippen LogP contribution in [-0.4, -0.2) is 36.6 Å². The van der Waals surface area contributed by atoms with Crippen molar-refractivity contribution in [2.75, 3.05) is 13.2 Å². The van der Waals surface area contributed by atoms with Gasteiger partial charge < -0.3 is 20.3 Å². The van der Waals surface area contributed by atoms with E-state index in [0.29, 0.717) is 19.4 Å². The molecule has 5 nitrogen and oxygen atoms in total. The van der Waals surface area contributed by atoms with Crippen LogP contribution in [0.15, 0.2) is 0 Å². The molecule has 1 fully saturated rings. The first-order chi connectivity index (χ1) is 5.68. The molecule has 0 aromatic heterocycles. The minimum absolute atomic E-state index is 0.110. The molecule has 1 heterocycles. The van der Waals surface area contributed by atoms with Gasteiger partial charge in [0.1, 0.15) is 6.61 Å². The Balaban J connectivity index is 2.13. The zero-order valence-corrected chi connectivity index (χ0v) is 6.73. The maximum Gasteiger partial charge on any atom is 0.404 e. The van der Waals surface area contributed by atoms with Gasteiger partial charge in [-0.3, -0.25) is 0 Å². The third-order valence-electron chi connectivity index (χ3n) is 1.76. The molecule has 1 rings (SSSR count). The van der Waals surface area contributed by atoms with Crippen molar-refractivity contribution in [2.24, 2.45) is 5.73 Å². The van der Waals surface area contributed by atoms with Crippen molar-refractivity contribution in [1.29, 1.82) is 0 Å². The zero-order valence-electron chi connectivity index (χ0n) is 6.73. The number of rotatable bonds is 2. The van der Waals surface area contributed by atoms with Crippen molar-refractivity contribution in [3.63, 3.8) is 0 Å². The quantitative estimate of drug-likeness (QED) is 0.599. The predicted molar refractivity (Wildman–Crippen MR) is 40.5 cm³/mol. The van der Waals surface area contributed by atoms with Gasteiger partial charge in [-0.15, -0.1) is 0 Å². The second kappa shape index (κ2) is 4.27. The molecular formula is C7H13NO4. The molecule has 1 aliphatic heterocycles. The summed E-state index contributed by atoms with van der Waals surface area (Å²) in [5.74, 6) is 0. The number of hydrogen-bond acceptors (Lipinski definition) is 4. The number of carbonyl (C=O) groups is 1. The number of aliphatic hydroxyl groups is 1. The summed E-state index contributed by atoms with van der Waals surface area (Å²) in [5, 5.41) is 9.05. The third kappa shape index (κ3) is 3.06. The van der Waals surface area contributed by atoms with Crippen LogP contribution in [-0.2, 0) is 9.47 Å². The SMILES string of the molecule is NC(=O)OCC1CCC(O)CO1. The lowest BCUT2D eigenvalue weighted by molar-refractivity contribution is -0.0743. The van der Waals surface area contributed by atoms with E-state index in [2.05, 4.69) is 4.74 Å². The predicted octanol–water partition coefficient (Wildman–Crippen LogP) is -0.378. The summed E-state index contributed by atoms with van der Waals surface area (Å²) in [6, 6.07) is 0.